The van der Waals surface area contributed by atoms with E-state index in [1.165, 1.54) is 11.1 Å². The molecule has 0 spiro atoms. The summed E-state index contributed by atoms with van der Waals surface area (Å²) in [5.41, 5.74) is 3.02. The van der Waals surface area contributed by atoms with Crippen LogP contribution in [0, 0.1) is 0 Å². The lowest BCUT2D eigenvalue weighted by atomic mass is 9.94. The molecule has 0 N–H and O–H groups in total. The minimum Gasteiger partial charge on any atom is -0.349 e. The highest BCUT2D eigenvalue weighted by atomic mass is 127. The molecule has 2 rings (SSSR count). The van der Waals surface area contributed by atoms with Gasteiger partial charge in [0.25, 0.3) is 0 Å². The van der Waals surface area contributed by atoms with Crippen LogP contribution >= 0.6 is 24.0 Å². The maximum absolute atomic E-state index is 4.85. The van der Waals surface area contributed by atoms with E-state index in [2.05, 4.69) is 52.8 Å². The zero-order chi connectivity index (χ0) is 16.3. The van der Waals surface area contributed by atoms with Crippen molar-refractivity contribution in [1.29, 1.82) is 0 Å². The van der Waals surface area contributed by atoms with Crippen LogP contribution in [0.3, 0.4) is 0 Å². The van der Waals surface area contributed by atoms with Crippen LogP contribution in [-0.4, -0.2) is 67.5 Å². The smallest absolute Gasteiger partial charge is 0.195 e. The first kappa shape index (κ1) is 20.2. The van der Waals surface area contributed by atoms with Crippen LogP contribution in [0.2, 0.25) is 0 Å². The lowest BCUT2D eigenvalue weighted by Gasteiger charge is -2.41. The van der Waals surface area contributed by atoms with Crippen LogP contribution in [0.25, 0.3) is 0 Å². The highest BCUT2D eigenvalue weighted by Gasteiger charge is 2.29. The topological polar surface area (TPSA) is 22.1 Å². The molecule has 1 heterocycles. The van der Waals surface area contributed by atoms with Crippen molar-refractivity contribution in [2.45, 2.75) is 32.4 Å². The molecule has 0 aliphatic carbocycles. The monoisotopic (exact) mass is 430 g/mol. The molecular weight excluding hydrogens is 399 g/mol. The molecule has 1 aromatic carbocycles. The Balaban J connectivity index is 0.00000264. The van der Waals surface area contributed by atoms with Crippen molar-refractivity contribution < 1.29 is 0 Å². The van der Waals surface area contributed by atoms with Gasteiger partial charge in [0.2, 0.25) is 0 Å². The maximum atomic E-state index is 4.85. The Kier molecular flexibility index (Phi) is 7.32. The normalized spacial score (nSPS) is 14.5. The van der Waals surface area contributed by atoms with E-state index in [1.807, 2.05) is 28.2 Å². The summed E-state index contributed by atoms with van der Waals surface area (Å²) in [6.45, 7) is 7.54. The third-order valence-corrected chi connectivity index (χ3v) is 4.39. The van der Waals surface area contributed by atoms with Gasteiger partial charge in [-0.1, -0.05) is 24.3 Å². The number of rotatable bonds is 3. The van der Waals surface area contributed by atoms with Crippen molar-refractivity contribution in [3.63, 3.8) is 0 Å². The van der Waals surface area contributed by atoms with Crippen LogP contribution in [-0.2, 0) is 13.0 Å². The summed E-state index contributed by atoms with van der Waals surface area (Å²) in [5, 5.41) is 0. The summed E-state index contributed by atoms with van der Waals surface area (Å²) in [5.74, 6) is 1.02. The quantitative estimate of drug-likeness (QED) is 0.418. The summed E-state index contributed by atoms with van der Waals surface area (Å²) in [4.78, 5) is 11.6. The standard InChI is InChI=1S/C18H30N4.HI/c1-18(2,14-19-17(20(3)4)21(5)6)22-12-11-15-9-7-8-10-16(15)13-22;/h7-10H,11-14H2,1-6H3;1H. The lowest BCUT2D eigenvalue weighted by molar-refractivity contribution is 0.111. The number of hydrogen-bond acceptors (Lipinski definition) is 2. The minimum atomic E-state index is 0. The summed E-state index contributed by atoms with van der Waals surface area (Å²) in [6, 6.07) is 8.80. The molecule has 0 saturated carbocycles. The number of halogens is 1. The second-order valence-electron chi connectivity index (χ2n) is 7.16. The minimum absolute atomic E-state index is 0. The van der Waals surface area contributed by atoms with Gasteiger partial charge in [0.1, 0.15) is 0 Å². The first-order valence-electron chi connectivity index (χ1n) is 8.02. The molecule has 0 amide bonds. The molecule has 5 heteroatoms. The average molecular weight is 430 g/mol. The van der Waals surface area contributed by atoms with Crippen molar-refractivity contribution in [3.05, 3.63) is 35.4 Å². The molecule has 0 bridgehead atoms. The predicted octanol–water partition coefficient (Wildman–Crippen LogP) is 2.92. The van der Waals surface area contributed by atoms with E-state index in [-0.39, 0.29) is 29.5 Å². The average Bonchev–Trinajstić information content (AvgIpc) is 2.46. The van der Waals surface area contributed by atoms with Gasteiger partial charge in [-0.25, -0.2) is 0 Å². The van der Waals surface area contributed by atoms with Gasteiger partial charge < -0.3 is 9.80 Å². The fourth-order valence-corrected chi connectivity index (χ4v) is 3.06. The highest BCUT2D eigenvalue weighted by molar-refractivity contribution is 14.0. The summed E-state index contributed by atoms with van der Waals surface area (Å²) < 4.78 is 0. The van der Waals surface area contributed by atoms with Crippen molar-refractivity contribution >= 4 is 29.9 Å². The van der Waals surface area contributed by atoms with E-state index in [0.29, 0.717) is 0 Å². The summed E-state index contributed by atoms with van der Waals surface area (Å²) in [6.07, 6.45) is 1.14. The first-order valence-corrected chi connectivity index (χ1v) is 8.02. The molecule has 1 aliphatic heterocycles. The molecule has 4 nitrogen and oxygen atoms in total. The third-order valence-electron chi connectivity index (χ3n) is 4.39. The van der Waals surface area contributed by atoms with Crippen LogP contribution in [0.5, 0.6) is 0 Å². The molecule has 0 atom stereocenters. The van der Waals surface area contributed by atoms with Crippen molar-refractivity contribution in [2.24, 2.45) is 4.99 Å². The third kappa shape index (κ3) is 5.08. The van der Waals surface area contributed by atoms with Crippen LogP contribution in [0.15, 0.2) is 29.3 Å². The van der Waals surface area contributed by atoms with Gasteiger partial charge in [-0.3, -0.25) is 9.89 Å². The van der Waals surface area contributed by atoms with Crippen LogP contribution in [0.4, 0.5) is 0 Å². The number of benzene rings is 1. The van der Waals surface area contributed by atoms with E-state index < -0.39 is 0 Å². The number of fused-ring (bicyclic) bond motifs is 1. The molecule has 0 saturated heterocycles. The number of hydrogen-bond donors (Lipinski definition) is 0. The molecule has 23 heavy (non-hydrogen) atoms. The lowest BCUT2D eigenvalue weighted by Crippen LogP contribution is -2.49. The maximum Gasteiger partial charge on any atom is 0.195 e. The molecule has 1 aliphatic rings. The SMILES string of the molecule is CN(C)C(=NCC(C)(C)N1CCc2ccccc2C1)N(C)C.I. The fraction of sp³-hybridized carbons (Fsp3) is 0.611. The predicted molar refractivity (Wildman–Crippen MR) is 110 cm³/mol. The van der Waals surface area contributed by atoms with Gasteiger partial charge in [-0.15, -0.1) is 24.0 Å². The number of aliphatic imine (C=N–C) groups is 1. The Morgan fingerprint density at radius 2 is 1.65 bits per heavy atom. The zero-order valence-corrected chi connectivity index (χ0v) is 17.7. The Bertz CT molecular complexity index is 528. The van der Waals surface area contributed by atoms with E-state index in [4.69, 9.17) is 4.99 Å². The molecule has 0 radical (unpaired) electrons. The zero-order valence-electron chi connectivity index (χ0n) is 15.3. The highest BCUT2D eigenvalue weighted by Crippen LogP contribution is 2.25. The molecule has 0 aromatic heterocycles. The van der Waals surface area contributed by atoms with Gasteiger partial charge in [0, 0.05) is 46.8 Å². The molecule has 130 valence electrons. The van der Waals surface area contributed by atoms with E-state index >= 15 is 0 Å². The largest absolute Gasteiger partial charge is 0.349 e. The molecule has 0 fully saturated rings. The van der Waals surface area contributed by atoms with Crippen molar-refractivity contribution in [3.8, 4) is 0 Å². The molecule has 0 unspecified atom stereocenters. The Morgan fingerprint density at radius 3 is 2.22 bits per heavy atom. The van der Waals surface area contributed by atoms with Crippen molar-refractivity contribution in [2.75, 3.05) is 41.3 Å². The number of guanidine groups is 1. The number of nitrogens with zero attached hydrogens (tertiary/aromatic N) is 4. The first-order chi connectivity index (χ1) is 10.3. The van der Waals surface area contributed by atoms with Crippen LogP contribution < -0.4 is 0 Å². The summed E-state index contributed by atoms with van der Waals surface area (Å²) in [7, 11) is 8.18. The van der Waals surface area contributed by atoms with Gasteiger partial charge in [0.05, 0.1) is 6.54 Å². The second kappa shape index (κ2) is 8.33. The van der Waals surface area contributed by atoms with Crippen LogP contribution in [0.1, 0.15) is 25.0 Å². The Labute approximate surface area is 158 Å². The van der Waals surface area contributed by atoms with E-state index in [9.17, 15) is 0 Å². The van der Waals surface area contributed by atoms with Gasteiger partial charge in [-0.05, 0) is 31.4 Å². The fourth-order valence-electron chi connectivity index (χ4n) is 3.06. The van der Waals surface area contributed by atoms with E-state index in [1.54, 1.807) is 0 Å². The Morgan fingerprint density at radius 1 is 1.09 bits per heavy atom. The van der Waals surface area contributed by atoms with Gasteiger partial charge in [0.15, 0.2) is 5.96 Å². The summed E-state index contributed by atoms with van der Waals surface area (Å²) >= 11 is 0. The molecule has 1 aromatic rings. The van der Waals surface area contributed by atoms with Crippen molar-refractivity contribution in [1.82, 2.24) is 14.7 Å². The molecular formula is C18H31IN4. The van der Waals surface area contributed by atoms with E-state index in [0.717, 1.165) is 32.0 Å². The van der Waals surface area contributed by atoms with Gasteiger partial charge >= 0.3 is 0 Å². The Hall–Kier alpha value is -0.820. The second-order valence-corrected chi connectivity index (χ2v) is 7.16. The van der Waals surface area contributed by atoms with Gasteiger partial charge in [-0.2, -0.15) is 0 Å².